The number of carboxylic acid groups (broad SMARTS) is 2. The Morgan fingerprint density at radius 2 is 1.74 bits per heavy atom. The van der Waals surface area contributed by atoms with E-state index in [1.54, 1.807) is 0 Å². The van der Waals surface area contributed by atoms with E-state index in [1.807, 2.05) is 0 Å². The normalized spacial score (nSPS) is 35.3. The minimum atomic E-state index is -2.01. The first-order chi connectivity index (χ1) is 8.84. The van der Waals surface area contributed by atoms with Crippen LogP contribution in [0.4, 0.5) is 0 Å². The molecule has 0 saturated carbocycles. The van der Waals surface area contributed by atoms with E-state index in [0.29, 0.717) is 0 Å². The average molecular weight is 280 g/mol. The summed E-state index contributed by atoms with van der Waals surface area (Å²) in [5.74, 6) is -6.87. The number of hydrogen-bond acceptors (Lipinski definition) is 7. The summed E-state index contributed by atoms with van der Waals surface area (Å²) >= 11 is 0. The van der Waals surface area contributed by atoms with Crippen LogP contribution in [-0.2, 0) is 19.1 Å². The van der Waals surface area contributed by atoms with Gasteiger partial charge in [0, 0.05) is 7.11 Å². The van der Waals surface area contributed by atoms with Crippen LogP contribution in [0.2, 0.25) is 0 Å². The summed E-state index contributed by atoms with van der Waals surface area (Å²) in [7, 11) is 1.14. The van der Waals surface area contributed by atoms with E-state index in [2.05, 4.69) is 0 Å². The number of methoxy groups -OCH3 is 1. The minimum Gasteiger partial charge on any atom is -0.481 e. The molecule has 0 radical (unpaired) electrons. The molecular formula is C10H16O9. The van der Waals surface area contributed by atoms with Gasteiger partial charge in [-0.15, -0.1) is 0 Å². The first-order valence-corrected chi connectivity index (χ1v) is 5.46. The maximum absolute atomic E-state index is 11.0. The van der Waals surface area contributed by atoms with Gasteiger partial charge in [0.05, 0.1) is 18.6 Å². The highest BCUT2D eigenvalue weighted by molar-refractivity contribution is 5.93. The van der Waals surface area contributed by atoms with Crippen LogP contribution in [0.5, 0.6) is 0 Å². The van der Waals surface area contributed by atoms with E-state index < -0.39 is 55.0 Å². The quantitative estimate of drug-likeness (QED) is 0.343. The van der Waals surface area contributed by atoms with Crippen molar-refractivity contribution in [2.24, 2.45) is 11.8 Å². The van der Waals surface area contributed by atoms with Crippen LogP contribution in [0, 0.1) is 11.8 Å². The van der Waals surface area contributed by atoms with Gasteiger partial charge < -0.3 is 35.0 Å². The van der Waals surface area contributed by atoms with Crippen molar-refractivity contribution < 1.29 is 44.6 Å². The predicted molar refractivity (Wildman–Crippen MR) is 57.0 cm³/mol. The minimum absolute atomic E-state index is 0.629. The van der Waals surface area contributed by atoms with Gasteiger partial charge in [0.1, 0.15) is 12.2 Å². The van der Waals surface area contributed by atoms with E-state index in [9.17, 15) is 19.8 Å². The molecule has 0 spiro atoms. The zero-order valence-electron chi connectivity index (χ0n) is 10.0. The van der Waals surface area contributed by atoms with E-state index in [4.69, 9.17) is 24.8 Å². The van der Waals surface area contributed by atoms with Gasteiger partial charge in [-0.2, -0.15) is 0 Å². The second-order valence-electron chi connectivity index (χ2n) is 4.17. The molecule has 0 bridgehead atoms. The third kappa shape index (κ3) is 3.01. The smallest absolute Gasteiger partial charge is 0.318 e. The van der Waals surface area contributed by atoms with Crippen molar-refractivity contribution in [3.63, 3.8) is 0 Å². The van der Waals surface area contributed by atoms with Gasteiger partial charge >= 0.3 is 11.9 Å². The summed E-state index contributed by atoms with van der Waals surface area (Å²) in [5.41, 5.74) is 0. The molecule has 1 aliphatic heterocycles. The lowest BCUT2D eigenvalue weighted by Gasteiger charge is -2.42. The first-order valence-electron chi connectivity index (χ1n) is 5.46. The molecule has 110 valence electrons. The highest BCUT2D eigenvalue weighted by atomic mass is 16.7. The van der Waals surface area contributed by atoms with Crippen molar-refractivity contribution in [2.45, 2.75) is 24.6 Å². The van der Waals surface area contributed by atoms with Gasteiger partial charge in [-0.05, 0) is 0 Å². The molecule has 9 nitrogen and oxygen atoms in total. The average Bonchev–Trinajstić information content (AvgIpc) is 2.34. The largest absolute Gasteiger partial charge is 0.481 e. The molecular weight excluding hydrogens is 264 g/mol. The van der Waals surface area contributed by atoms with Gasteiger partial charge in [-0.1, -0.05) is 0 Å². The number of hydrogen-bond donors (Lipinski definition) is 5. The van der Waals surface area contributed by atoms with E-state index in [1.165, 1.54) is 0 Å². The Bertz CT molecular complexity index is 328. The zero-order valence-corrected chi connectivity index (χ0v) is 10.0. The number of aliphatic hydroxyl groups is 3. The first kappa shape index (κ1) is 15.8. The molecule has 5 atom stereocenters. The second kappa shape index (κ2) is 6.26. The standard InChI is InChI=1S/C10H16O9/c1-18-10-4(5(8(14)15)9(16)17)7(13)6(12)3(2-11)19-10/h3-7,10-13H,2H2,1H3,(H,14,15)(H,16,17)/t3-,4-,6-,7-,10-/m1/s1. The Morgan fingerprint density at radius 1 is 1.21 bits per heavy atom. The summed E-state index contributed by atoms with van der Waals surface area (Å²) < 4.78 is 9.86. The predicted octanol–water partition coefficient (Wildman–Crippen LogP) is -2.53. The number of aliphatic carboxylic acids is 2. The number of aliphatic hydroxyl groups excluding tert-OH is 3. The van der Waals surface area contributed by atoms with Crippen molar-refractivity contribution in [3.8, 4) is 0 Å². The fraction of sp³-hybridized carbons (Fsp3) is 0.800. The fourth-order valence-corrected chi connectivity index (χ4v) is 2.11. The molecule has 0 amide bonds. The third-order valence-corrected chi connectivity index (χ3v) is 3.08. The third-order valence-electron chi connectivity index (χ3n) is 3.08. The molecule has 9 heteroatoms. The van der Waals surface area contributed by atoms with E-state index in [-0.39, 0.29) is 0 Å². The van der Waals surface area contributed by atoms with Crippen molar-refractivity contribution in [1.82, 2.24) is 0 Å². The van der Waals surface area contributed by atoms with Gasteiger partial charge in [-0.3, -0.25) is 9.59 Å². The molecule has 0 aliphatic carbocycles. The number of carbonyl (C=O) groups is 2. The second-order valence-corrected chi connectivity index (χ2v) is 4.17. The highest BCUT2D eigenvalue weighted by Gasteiger charge is 2.52. The van der Waals surface area contributed by atoms with Gasteiger partial charge in [0.25, 0.3) is 0 Å². The Morgan fingerprint density at radius 3 is 2.11 bits per heavy atom. The number of rotatable bonds is 5. The van der Waals surface area contributed by atoms with Crippen molar-refractivity contribution in [1.29, 1.82) is 0 Å². The molecule has 1 heterocycles. The van der Waals surface area contributed by atoms with Crippen LogP contribution in [0.25, 0.3) is 0 Å². The summed E-state index contributed by atoms with van der Waals surface area (Å²) in [6, 6.07) is 0. The Balaban J connectivity index is 3.07. The number of carboxylic acids is 2. The van der Waals surface area contributed by atoms with Crippen molar-refractivity contribution in [3.05, 3.63) is 0 Å². The van der Waals surface area contributed by atoms with E-state index >= 15 is 0 Å². The molecule has 0 aromatic rings. The summed E-state index contributed by atoms with van der Waals surface area (Å²) in [4.78, 5) is 21.9. The molecule has 0 unspecified atom stereocenters. The SMILES string of the molecule is CO[C@@H]1O[C@H](CO)[C@@H](O)[C@H](O)[C@H]1C(C(=O)O)C(=O)O. The maximum atomic E-state index is 11.0. The molecule has 0 aromatic carbocycles. The highest BCUT2D eigenvalue weighted by Crippen LogP contribution is 2.32. The molecule has 1 rings (SSSR count). The molecule has 1 saturated heterocycles. The van der Waals surface area contributed by atoms with Crippen molar-refractivity contribution in [2.75, 3.05) is 13.7 Å². The zero-order chi connectivity index (χ0) is 14.7. The summed E-state index contributed by atoms with van der Waals surface area (Å²) in [6.45, 7) is -0.629. The van der Waals surface area contributed by atoms with Gasteiger partial charge in [0.15, 0.2) is 12.2 Å². The van der Waals surface area contributed by atoms with E-state index in [0.717, 1.165) is 7.11 Å². The molecule has 1 fully saturated rings. The molecule has 19 heavy (non-hydrogen) atoms. The van der Waals surface area contributed by atoms with Gasteiger partial charge in [-0.25, -0.2) is 0 Å². The Labute approximate surface area is 108 Å². The topological polar surface area (TPSA) is 154 Å². The van der Waals surface area contributed by atoms with Crippen LogP contribution >= 0.6 is 0 Å². The lowest BCUT2D eigenvalue weighted by molar-refractivity contribution is -0.286. The lowest BCUT2D eigenvalue weighted by atomic mass is 9.81. The van der Waals surface area contributed by atoms with Crippen LogP contribution in [0.1, 0.15) is 0 Å². The Kier molecular flexibility index (Phi) is 5.20. The molecule has 1 aliphatic rings. The summed E-state index contributed by atoms with van der Waals surface area (Å²) in [6.07, 6.45) is -5.87. The monoisotopic (exact) mass is 280 g/mol. The maximum Gasteiger partial charge on any atom is 0.318 e. The van der Waals surface area contributed by atoms with Crippen LogP contribution in [0.15, 0.2) is 0 Å². The van der Waals surface area contributed by atoms with Gasteiger partial charge in [0.2, 0.25) is 0 Å². The number of ether oxygens (including phenoxy) is 2. The molecule has 0 aromatic heterocycles. The molecule has 5 N–H and O–H groups in total. The lowest BCUT2D eigenvalue weighted by Crippen LogP contribution is -2.60. The van der Waals surface area contributed by atoms with Crippen LogP contribution in [-0.4, -0.2) is 75.8 Å². The van der Waals surface area contributed by atoms with Crippen LogP contribution in [0.3, 0.4) is 0 Å². The van der Waals surface area contributed by atoms with Crippen molar-refractivity contribution >= 4 is 11.9 Å². The fourth-order valence-electron chi connectivity index (χ4n) is 2.11. The summed E-state index contributed by atoms with van der Waals surface area (Å²) in [5, 5.41) is 46.3. The Hall–Kier alpha value is -1.26. The van der Waals surface area contributed by atoms with Crippen LogP contribution < -0.4 is 0 Å².